The van der Waals surface area contributed by atoms with Gasteiger partial charge in [0.1, 0.15) is 6.61 Å². The maximum Gasteiger partial charge on any atom is 0.302 e. The number of hydrogen-bond acceptors (Lipinski definition) is 8. The van der Waals surface area contributed by atoms with E-state index in [1.165, 1.54) is 25.8 Å². The second-order valence-electron chi connectivity index (χ2n) is 7.49. The molecule has 0 bridgehead atoms. The van der Waals surface area contributed by atoms with Crippen LogP contribution < -0.4 is 5.32 Å². The number of ketones is 1. The maximum absolute atomic E-state index is 13.7. The van der Waals surface area contributed by atoms with Crippen molar-refractivity contribution in [3.8, 4) is 0 Å². The van der Waals surface area contributed by atoms with Gasteiger partial charge in [-0.3, -0.25) is 14.4 Å². The number of ether oxygens (including phenoxy) is 4. The Bertz CT molecular complexity index is 971. The average molecular weight is 474 g/mol. The van der Waals surface area contributed by atoms with Gasteiger partial charge in [-0.05, 0) is 11.8 Å². The summed E-state index contributed by atoms with van der Waals surface area (Å²) in [5, 5.41) is 2.66. The van der Waals surface area contributed by atoms with E-state index in [1.807, 2.05) is 30.3 Å². The van der Waals surface area contributed by atoms with Crippen molar-refractivity contribution in [1.82, 2.24) is 5.32 Å². The summed E-state index contributed by atoms with van der Waals surface area (Å²) in [6, 6.07) is 17.7. The molecular formula is C24H27NO7S. The van der Waals surface area contributed by atoms with Crippen molar-refractivity contribution >= 4 is 29.4 Å². The first-order valence-electron chi connectivity index (χ1n) is 10.3. The number of rotatable bonds is 11. The number of thioether (sulfide) groups is 1. The van der Waals surface area contributed by atoms with Crippen LogP contribution in [-0.2, 0) is 35.1 Å². The van der Waals surface area contributed by atoms with Gasteiger partial charge in [0.15, 0.2) is 6.10 Å². The van der Waals surface area contributed by atoms with Crippen LogP contribution in [0.1, 0.15) is 22.8 Å². The van der Waals surface area contributed by atoms with Crippen LogP contribution in [0.3, 0.4) is 0 Å². The largest absolute Gasteiger partial charge is 0.462 e. The van der Waals surface area contributed by atoms with Gasteiger partial charge in [0.05, 0.1) is 12.5 Å². The first kappa shape index (κ1) is 24.9. The van der Waals surface area contributed by atoms with Crippen molar-refractivity contribution in [1.29, 1.82) is 0 Å². The molecule has 1 amide bonds. The van der Waals surface area contributed by atoms with Crippen molar-refractivity contribution in [2.24, 2.45) is 0 Å². The molecule has 0 radical (unpaired) electrons. The van der Waals surface area contributed by atoms with Gasteiger partial charge in [-0.2, -0.15) is 0 Å². The molecule has 3 rings (SSSR count). The molecular weight excluding hydrogens is 446 g/mol. The summed E-state index contributed by atoms with van der Waals surface area (Å²) in [5.41, 5.74) is -2.56. The quantitative estimate of drug-likeness (QED) is 0.302. The summed E-state index contributed by atoms with van der Waals surface area (Å²) in [7, 11) is 1.32. The number of esters is 1. The topological polar surface area (TPSA) is 100 Å². The molecule has 0 aliphatic carbocycles. The summed E-state index contributed by atoms with van der Waals surface area (Å²) in [6.07, 6.45) is 0.534. The van der Waals surface area contributed by atoms with E-state index in [0.29, 0.717) is 5.56 Å². The molecule has 1 N–H and O–H groups in total. The third-order valence-electron chi connectivity index (χ3n) is 5.36. The minimum atomic E-state index is -1.90. The molecule has 1 fully saturated rings. The van der Waals surface area contributed by atoms with Crippen LogP contribution in [0.5, 0.6) is 0 Å². The minimum Gasteiger partial charge on any atom is -0.462 e. The van der Waals surface area contributed by atoms with Gasteiger partial charge in [0, 0.05) is 19.6 Å². The predicted octanol–water partition coefficient (Wildman–Crippen LogP) is 2.57. The fraction of sp³-hybridized carbons (Fsp3) is 0.375. The fourth-order valence-electron chi connectivity index (χ4n) is 3.72. The van der Waals surface area contributed by atoms with Crippen LogP contribution >= 0.6 is 11.8 Å². The van der Waals surface area contributed by atoms with Gasteiger partial charge in [-0.25, -0.2) is 0 Å². The Kier molecular flexibility index (Phi) is 8.25. The molecule has 8 nitrogen and oxygen atoms in total. The SMILES string of the molecule is CO[C@]1(C(=O)c2ccccc2)NC(=O)[C@@](COC(C)=O)(OCSC)[C@H]1OCc1ccccc1. The maximum atomic E-state index is 13.7. The number of carbonyl (C=O) groups excluding carboxylic acids is 3. The highest BCUT2D eigenvalue weighted by molar-refractivity contribution is 7.98. The molecule has 2 aromatic carbocycles. The van der Waals surface area contributed by atoms with Crippen LogP contribution in [0.25, 0.3) is 0 Å². The number of Topliss-reactive ketones (excluding diaryl/α,β-unsaturated/α-hetero) is 1. The smallest absolute Gasteiger partial charge is 0.302 e. The van der Waals surface area contributed by atoms with Crippen LogP contribution in [0, 0.1) is 0 Å². The number of nitrogens with one attached hydrogen (secondary N) is 1. The van der Waals surface area contributed by atoms with Crippen molar-refractivity contribution in [2.45, 2.75) is 31.0 Å². The average Bonchev–Trinajstić information content (AvgIpc) is 3.08. The van der Waals surface area contributed by atoms with Crippen molar-refractivity contribution < 1.29 is 33.3 Å². The molecule has 3 atom stereocenters. The molecule has 1 aliphatic rings. The Morgan fingerprint density at radius 2 is 1.70 bits per heavy atom. The van der Waals surface area contributed by atoms with E-state index in [0.717, 1.165) is 5.56 Å². The van der Waals surface area contributed by atoms with Gasteiger partial charge in [-0.15, -0.1) is 11.8 Å². The summed E-state index contributed by atoms with van der Waals surface area (Å²) in [5.74, 6) is -1.67. The number of amides is 1. The van der Waals surface area contributed by atoms with E-state index in [-0.39, 0.29) is 12.5 Å². The first-order valence-corrected chi connectivity index (χ1v) is 11.7. The molecule has 0 saturated carbocycles. The minimum absolute atomic E-state index is 0.0676. The van der Waals surface area contributed by atoms with Crippen molar-refractivity contribution in [3.63, 3.8) is 0 Å². The molecule has 0 unspecified atom stereocenters. The zero-order valence-electron chi connectivity index (χ0n) is 18.7. The van der Waals surface area contributed by atoms with Gasteiger partial charge >= 0.3 is 5.97 Å². The molecule has 0 aromatic heterocycles. The zero-order chi connectivity index (χ0) is 23.9. The second kappa shape index (κ2) is 10.9. The van der Waals surface area contributed by atoms with Gasteiger partial charge in [0.25, 0.3) is 5.91 Å². The van der Waals surface area contributed by atoms with E-state index < -0.39 is 41.7 Å². The third kappa shape index (κ3) is 5.11. The van der Waals surface area contributed by atoms with Crippen LogP contribution in [0.4, 0.5) is 0 Å². The van der Waals surface area contributed by atoms with E-state index in [2.05, 4.69) is 5.32 Å². The Hall–Kier alpha value is -2.72. The predicted molar refractivity (Wildman–Crippen MR) is 123 cm³/mol. The van der Waals surface area contributed by atoms with Gasteiger partial charge in [-0.1, -0.05) is 60.7 Å². The normalized spacial score (nSPS) is 24.3. The molecule has 176 valence electrons. The molecule has 9 heteroatoms. The van der Waals surface area contributed by atoms with Crippen molar-refractivity contribution in [3.05, 3.63) is 71.8 Å². The molecule has 33 heavy (non-hydrogen) atoms. The molecule has 1 saturated heterocycles. The highest BCUT2D eigenvalue weighted by Gasteiger charge is 2.69. The summed E-state index contributed by atoms with van der Waals surface area (Å²) in [6.45, 7) is 0.854. The molecule has 1 aliphatic heterocycles. The van der Waals surface area contributed by atoms with Crippen LogP contribution in [0.15, 0.2) is 60.7 Å². The van der Waals surface area contributed by atoms with Crippen molar-refractivity contribution in [2.75, 3.05) is 25.9 Å². The van der Waals surface area contributed by atoms with E-state index in [9.17, 15) is 14.4 Å². The lowest BCUT2D eigenvalue weighted by atomic mass is 9.88. The van der Waals surface area contributed by atoms with Crippen LogP contribution in [0.2, 0.25) is 0 Å². The number of hydrogen-bond donors (Lipinski definition) is 1. The number of methoxy groups -OCH3 is 1. The zero-order valence-corrected chi connectivity index (χ0v) is 19.6. The molecule has 0 spiro atoms. The number of benzene rings is 2. The Balaban J connectivity index is 2.08. The Morgan fingerprint density at radius 1 is 1.06 bits per heavy atom. The second-order valence-corrected chi connectivity index (χ2v) is 8.30. The van der Waals surface area contributed by atoms with E-state index in [4.69, 9.17) is 18.9 Å². The highest BCUT2D eigenvalue weighted by atomic mass is 32.2. The van der Waals surface area contributed by atoms with E-state index in [1.54, 1.807) is 36.6 Å². The lowest BCUT2D eigenvalue weighted by Gasteiger charge is -2.37. The third-order valence-corrected chi connectivity index (χ3v) is 5.71. The molecule has 2 aromatic rings. The lowest BCUT2D eigenvalue weighted by molar-refractivity contribution is -0.195. The summed E-state index contributed by atoms with van der Waals surface area (Å²) >= 11 is 1.33. The standard InChI is InChI=1S/C24H27NO7S/c1-17(26)31-15-23(32-16-33-3)21(30-14-18-10-6-4-7-11-18)24(29-2,25-22(23)28)20(27)19-12-8-5-9-13-19/h4-13,21H,14-16H2,1-3H3,(H,25,28)/t21-,23+,24+/m1/s1. The summed E-state index contributed by atoms with van der Waals surface area (Å²) in [4.78, 5) is 38.7. The molecule has 1 heterocycles. The monoisotopic (exact) mass is 473 g/mol. The number of carbonyl (C=O) groups is 3. The van der Waals surface area contributed by atoms with Gasteiger partial charge in [0.2, 0.25) is 17.1 Å². The van der Waals surface area contributed by atoms with Crippen LogP contribution in [-0.4, -0.2) is 61.0 Å². The Labute approximate surface area is 196 Å². The van der Waals surface area contributed by atoms with E-state index >= 15 is 0 Å². The lowest BCUT2D eigenvalue weighted by Crippen LogP contribution is -2.61. The highest BCUT2D eigenvalue weighted by Crippen LogP contribution is 2.39. The summed E-state index contributed by atoms with van der Waals surface area (Å²) < 4.78 is 23.1. The fourth-order valence-corrected chi connectivity index (χ4v) is 4.05. The Morgan fingerprint density at radius 3 is 2.27 bits per heavy atom. The first-order chi connectivity index (χ1) is 15.9. The van der Waals surface area contributed by atoms with Gasteiger partial charge < -0.3 is 24.3 Å².